The molecule has 2 aliphatic rings. The van der Waals surface area contributed by atoms with E-state index in [1.165, 1.54) is 12.8 Å². The molecule has 3 atom stereocenters. The molecular weight excluding hydrogens is 204 g/mol. The standard InChI is InChI=1S/C12H24N2O2/c1-2-16-10-4-3-6-14(8-10)12-9-15-7-5-11(12)13/h10-12H,2-9,13H2,1H3. The Balaban J connectivity index is 1.87. The molecule has 2 rings (SSSR count). The van der Waals surface area contributed by atoms with Crippen molar-refractivity contribution in [3.8, 4) is 0 Å². The van der Waals surface area contributed by atoms with Crippen LogP contribution in [0.2, 0.25) is 0 Å². The summed E-state index contributed by atoms with van der Waals surface area (Å²) in [6.45, 7) is 6.65. The molecule has 4 heteroatoms. The van der Waals surface area contributed by atoms with E-state index in [1.807, 2.05) is 0 Å². The molecule has 4 nitrogen and oxygen atoms in total. The van der Waals surface area contributed by atoms with Crippen LogP contribution in [0.15, 0.2) is 0 Å². The van der Waals surface area contributed by atoms with Gasteiger partial charge >= 0.3 is 0 Å². The Hall–Kier alpha value is -0.160. The number of hydrogen-bond donors (Lipinski definition) is 1. The summed E-state index contributed by atoms with van der Waals surface area (Å²) in [6, 6.07) is 0.672. The molecule has 2 heterocycles. The number of hydrogen-bond acceptors (Lipinski definition) is 4. The molecule has 2 aliphatic heterocycles. The van der Waals surface area contributed by atoms with Crippen molar-refractivity contribution in [3.63, 3.8) is 0 Å². The van der Waals surface area contributed by atoms with Gasteiger partial charge in [0.25, 0.3) is 0 Å². The van der Waals surface area contributed by atoms with Crippen molar-refractivity contribution in [2.75, 3.05) is 32.9 Å². The minimum atomic E-state index is 0.272. The molecule has 0 radical (unpaired) electrons. The maximum atomic E-state index is 6.17. The number of likely N-dealkylation sites (tertiary alicyclic amines) is 1. The van der Waals surface area contributed by atoms with E-state index in [4.69, 9.17) is 15.2 Å². The third-order valence-corrected chi connectivity index (χ3v) is 3.66. The molecule has 2 fully saturated rings. The maximum Gasteiger partial charge on any atom is 0.0702 e. The number of nitrogens with two attached hydrogens (primary N) is 1. The number of rotatable bonds is 3. The molecule has 0 aliphatic carbocycles. The zero-order valence-corrected chi connectivity index (χ0v) is 10.2. The summed E-state index contributed by atoms with van der Waals surface area (Å²) in [5.74, 6) is 0. The van der Waals surface area contributed by atoms with Gasteiger partial charge in [0.15, 0.2) is 0 Å². The van der Waals surface area contributed by atoms with Gasteiger partial charge in [0.05, 0.1) is 12.7 Å². The Kier molecular flexibility index (Phi) is 4.58. The first-order chi connectivity index (χ1) is 7.81. The van der Waals surface area contributed by atoms with Crippen LogP contribution in [0.4, 0.5) is 0 Å². The van der Waals surface area contributed by atoms with Crippen molar-refractivity contribution in [3.05, 3.63) is 0 Å². The molecule has 0 saturated carbocycles. The summed E-state index contributed by atoms with van der Waals surface area (Å²) < 4.78 is 11.3. The molecule has 0 amide bonds. The molecule has 94 valence electrons. The summed E-state index contributed by atoms with van der Waals surface area (Å²) in [7, 11) is 0. The predicted octanol–water partition coefficient (Wildman–Crippen LogP) is 0.604. The van der Waals surface area contributed by atoms with E-state index in [1.54, 1.807) is 0 Å². The van der Waals surface area contributed by atoms with Crippen LogP contribution in [0.3, 0.4) is 0 Å². The zero-order valence-electron chi connectivity index (χ0n) is 10.2. The van der Waals surface area contributed by atoms with Crippen molar-refractivity contribution in [1.82, 2.24) is 4.90 Å². The minimum Gasteiger partial charge on any atom is -0.380 e. The van der Waals surface area contributed by atoms with Gasteiger partial charge < -0.3 is 15.2 Å². The summed E-state index contributed by atoms with van der Waals surface area (Å²) in [6.07, 6.45) is 3.79. The van der Waals surface area contributed by atoms with Gasteiger partial charge in [0, 0.05) is 31.8 Å². The first-order valence-electron chi connectivity index (χ1n) is 6.50. The highest BCUT2D eigenvalue weighted by atomic mass is 16.5. The van der Waals surface area contributed by atoms with Gasteiger partial charge in [-0.2, -0.15) is 0 Å². The third-order valence-electron chi connectivity index (χ3n) is 3.66. The van der Waals surface area contributed by atoms with Gasteiger partial charge in [-0.25, -0.2) is 0 Å². The first-order valence-corrected chi connectivity index (χ1v) is 6.50. The highest BCUT2D eigenvalue weighted by Gasteiger charge is 2.31. The third kappa shape index (κ3) is 2.94. The predicted molar refractivity (Wildman–Crippen MR) is 63.4 cm³/mol. The fourth-order valence-corrected chi connectivity index (χ4v) is 2.75. The van der Waals surface area contributed by atoms with Gasteiger partial charge in [0.2, 0.25) is 0 Å². The summed E-state index contributed by atoms with van der Waals surface area (Å²) in [5.41, 5.74) is 6.17. The van der Waals surface area contributed by atoms with E-state index < -0.39 is 0 Å². The summed E-state index contributed by atoms with van der Waals surface area (Å²) in [4.78, 5) is 2.47. The van der Waals surface area contributed by atoms with Crippen LogP contribution >= 0.6 is 0 Å². The molecule has 16 heavy (non-hydrogen) atoms. The molecule has 0 bridgehead atoms. The van der Waals surface area contributed by atoms with Crippen molar-refractivity contribution < 1.29 is 9.47 Å². The quantitative estimate of drug-likeness (QED) is 0.768. The van der Waals surface area contributed by atoms with Crippen molar-refractivity contribution in [1.29, 1.82) is 0 Å². The van der Waals surface area contributed by atoms with Gasteiger partial charge in [-0.3, -0.25) is 4.90 Å². The highest BCUT2D eigenvalue weighted by molar-refractivity contribution is 4.88. The van der Waals surface area contributed by atoms with Crippen molar-refractivity contribution in [2.45, 2.75) is 44.4 Å². The number of piperidine rings is 1. The van der Waals surface area contributed by atoms with Crippen LogP contribution in [0.1, 0.15) is 26.2 Å². The number of ether oxygens (including phenoxy) is 2. The smallest absolute Gasteiger partial charge is 0.0702 e. The van der Waals surface area contributed by atoms with Crippen LogP contribution in [0.25, 0.3) is 0 Å². The summed E-state index contributed by atoms with van der Waals surface area (Å²) >= 11 is 0. The lowest BCUT2D eigenvalue weighted by Crippen LogP contribution is -2.57. The van der Waals surface area contributed by atoms with Crippen LogP contribution in [0, 0.1) is 0 Å². The monoisotopic (exact) mass is 228 g/mol. The van der Waals surface area contributed by atoms with Crippen LogP contribution in [-0.2, 0) is 9.47 Å². The lowest BCUT2D eigenvalue weighted by atomic mass is 9.99. The van der Waals surface area contributed by atoms with Gasteiger partial charge in [-0.1, -0.05) is 0 Å². The molecular formula is C12H24N2O2. The molecule has 0 aromatic heterocycles. The Morgan fingerprint density at radius 2 is 2.31 bits per heavy atom. The van der Waals surface area contributed by atoms with E-state index in [-0.39, 0.29) is 6.04 Å². The second kappa shape index (κ2) is 5.96. The van der Waals surface area contributed by atoms with Gasteiger partial charge in [0.1, 0.15) is 0 Å². The SMILES string of the molecule is CCOC1CCCN(C2COCCC2N)C1. The Morgan fingerprint density at radius 1 is 1.44 bits per heavy atom. The Morgan fingerprint density at radius 3 is 3.06 bits per heavy atom. The second-order valence-corrected chi connectivity index (χ2v) is 4.81. The zero-order chi connectivity index (χ0) is 11.4. The van der Waals surface area contributed by atoms with Gasteiger partial charge in [-0.15, -0.1) is 0 Å². The van der Waals surface area contributed by atoms with Crippen molar-refractivity contribution >= 4 is 0 Å². The fraction of sp³-hybridized carbons (Fsp3) is 1.00. The summed E-state index contributed by atoms with van der Waals surface area (Å²) in [5, 5.41) is 0. The lowest BCUT2D eigenvalue weighted by Gasteiger charge is -2.42. The first kappa shape index (κ1) is 12.3. The molecule has 3 unspecified atom stereocenters. The van der Waals surface area contributed by atoms with E-state index in [0.29, 0.717) is 12.1 Å². The minimum absolute atomic E-state index is 0.272. The average molecular weight is 228 g/mol. The molecule has 2 N–H and O–H groups in total. The Labute approximate surface area is 98.1 Å². The molecule has 0 aromatic rings. The second-order valence-electron chi connectivity index (χ2n) is 4.81. The molecule has 2 saturated heterocycles. The van der Waals surface area contributed by atoms with Crippen LogP contribution in [0.5, 0.6) is 0 Å². The fourth-order valence-electron chi connectivity index (χ4n) is 2.75. The topological polar surface area (TPSA) is 47.7 Å². The molecule has 0 aromatic carbocycles. The lowest BCUT2D eigenvalue weighted by molar-refractivity contribution is -0.0458. The Bertz CT molecular complexity index is 211. The van der Waals surface area contributed by atoms with Crippen LogP contribution in [-0.4, -0.2) is 56.0 Å². The maximum absolute atomic E-state index is 6.17. The van der Waals surface area contributed by atoms with E-state index in [2.05, 4.69) is 11.8 Å². The van der Waals surface area contributed by atoms with Crippen molar-refractivity contribution in [2.24, 2.45) is 5.73 Å². The van der Waals surface area contributed by atoms with E-state index >= 15 is 0 Å². The van der Waals surface area contributed by atoms with Crippen LogP contribution < -0.4 is 5.73 Å². The molecule has 0 spiro atoms. The largest absolute Gasteiger partial charge is 0.380 e. The van der Waals surface area contributed by atoms with E-state index in [0.717, 1.165) is 39.3 Å². The van der Waals surface area contributed by atoms with Gasteiger partial charge in [-0.05, 0) is 32.7 Å². The normalized spacial score (nSPS) is 37.5. The highest BCUT2D eigenvalue weighted by Crippen LogP contribution is 2.20. The number of nitrogens with zero attached hydrogens (tertiary/aromatic N) is 1. The average Bonchev–Trinajstić information content (AvgIpc) is 2.30. The van der Waals surface area contributed by atoms with E-state index in [9.17, 15) is 0 Å².